The molecule has 1 aliphatic rings. The number of hydrogen-bond acceptors (Lipinski definition) is 2. The van der Waals surface area contributed by atoms with E-state index in [1.165, 1.54) is 12.8 Å². The van der Waals surface area contributed by atoms with Crippen LogP contribution in [0.4, 0.5) is 0 Å². The molecule has 0 spiro atoms. The summed E-state index contributed by atoms with van der Waals surface area (Å²) in [6.45, 7) is 0.730. The van der Waals surface area contributed by atoms with Crippen molar-refractivity contribution < 1.29 is 4.79 Å². The molecule has 1 aliphatic carbocycles. The first-order chi connectivity index (χ1) is 7.65. The van der Waals surface area contributed by atoms with Gasteiger partial charge in [-0.1, -0.05) is 0 Å². The van der Waals surface area contributed by atoms with Gasteiger partial charge in [0, 0.05) is 25.7 Å². The Labute approximate surface area is 100.0 Å². The maximum Gasteiger partial charge on any atom is 0.254 e. The van der Waals surface area contributed by atoms with Crippen molar-refractivity contribution in [3.8, 4) is 0 Å². The van der Waals surface area contributed by atoms with Gasteiger partial charge in [-0.05, 0) is 24.7 Å². The van der Waals surface area contributed by atoms with E-state index >= 15 is 0 Å². The van der Waals surface area contributed by atoms with E-state index in [0.29, 0.717) is 11.4 Å². The third kappa shape index (κ3) is 2.55. The summed E-state index contributed by atoms with van der Waals surface area (Å²) in [5.74, 6) is 0.622. The molecule has 1 fully saturated rings. The van der Waals surface area contributed by atoms with E-state index in [0.717, 1.165) is 13.0 Å². The molecular formula is C11H16ClN3O. The fraction of sp³-hybridized carbons (Fsp3) is 0.636. The van der Waals surface area contributed by atoms with Gasteiger partial charge in [0.15, 0.2) is 0 Å². The molecule has 0 aromatic carbocycles. The molecule has 4 nitrogen and oxygen atoms in total. The number of aromatic nitrogens is 2. The molecule has 88 valence electrons. The number of carbonyl (C=O) groups excluding carboxylic acids is 1. The summed E-state index contributed by atoms with van der Waals surface area (Å²) < 4.78 is 1.63. The Kier molecular flexibility index (Phi) is 3.19. The molecule has 0 saturated heterocycles. The minimum Gasteiger partial charge on any atom is -0.351 e. The molecule has 1 aromatic heterocycles. The highest BCUT2D eigenvalue weighted by Crippen LogP contribution is 2.48. The Morgan fingerprint density at radius 2 is 2.44 bits per heavy atom. The van der Waals surface area contributed by atoms with Crippen molar-refractivity contribution in [3.63, 3.8) is 0 Å². The fourth-order valence-electron chi connectivity index (χ4n) is 1.80. The van der Waals surface area contributed by atoms with Gasteiger partial charge in [0.25, 0.3) is 5.91 Å². The number of hydrogen-bond donors (Lipinski definition) is 1. The van der Waals surface area contributed by atoms with Crippen molar-refractivity contribution in [2.24, 2.45) is 12.5 Å². The van der Waals surface area contributed by atoms with E-state index in [1.807, 2.05) is 0 Å². The first-order valence-electron chi connectivity index (χ1n) is 5.48. The second-order valence-electron chi connectivity index (χ2n) is 4.52. The predicted octanol–water partition coefficient (Wildman–Crippen LogP) is 1.56. The maximum atomic E-state index is 11.7. The molecule has 0 bridgehead atoms. The minimum absolute atomic E-state index is 0.0473. The van der Waals surface area contributed by atoms with Crippen molar-refractivity contribution in [1.29, 1.82) is 0 Å². The van der Waals surface area contributed by atoms with Crippen LogP contribution in [0.1, 0.15) is 29.6 Å². The third-order valence-electron chi connectivity index (χ3n) is 3.17. The van der Waals surface area contributed by atoms with Gasteiger partial charge < -0.3 is 5.32 Å². The van der Waals surface area contributed by atoms with Crippen LogP contribution in [-0.2, 0) is 7.05 Å². The highest BCUT2D eigenvalue weighted by atomic mass is 35.5. The van der Waals surface area contributed by atoms with Crippen LogP contribution >= 0.6 is 11.6 Å². The van der Waals surface area contributed by atoms with Gasteiger partial charge in [-0.25, -0.2) is 0 Å². The minimum atomic E-state index is -0.0473. The zero-order valence-corrected chi connectivity index (χ0v) is 10.1. The number of amides is 1. The quantitative estimate of drug-likeness (QED) is 0.796. The van der Waals surface area contributed by atoms with E-state index in [1.54, 1.807) is 24.1 Å². The number of nitrogens with zero attached hydrogens (tertiary/aromatic N) is 2. The van der Waals surface area contributed by atoms with E-state index in [9.17, 15) is 4.79 Å². The smallest absolute Gasteiger partial charge is 0.254 e. The number of halogens is 1. The molecule has 16 heavy (non-hydrogen) atoms. The molecule has 1 aromatic rings. The average Bonchev–Trinajstić information content (AvgIpc) is 2.89. The fourth-order valence-corrected chi connectivity index (χ4v) is 2.20. The van der Waals surface area contributed by atoms with Crippen LogP contribution in [0.15, 0.2) is 12.4 Å². The van der Waals surface area contributed by atoms with Crippen LogP contribution in [0, 0.1) is 5.41 Å². The van der Waals surface area contributed by atoms with E-state index in [-0.39, 0.29) is 11.3 Å². The number of alkyl halides is 1. The van der Waals surface area contributed by atoms with Crippen LogP contribution in [-0.4, -0.2) is 28.1 Å². The largest absolute Gasteiger partial charge is 0.351 e. The highest BCUT2D eigenvalue weighted by Gasteiger charge is 2.41. The number of aryl methyl sites for hydroxylation is 1. The van der Waals surface area contributed by atoms with Crippen molar-refractivity contribution in [2.45, 2.75) is 19.3 Å². The van der Waals surface area contributed by atoms with Crippen LogP contribution in [0.5, 0.6) is 0 Å². The second kappa shape index (κ2) is 4.45. The molecule has 2 rings (SSSR count). The summed E-state index contributed by atoms with van der Waals surface area (Å²) in [7, 11) is 1.80. The van der Waals surface area contributed by atoms with Crippen LogP contribution < -0.4 is 5.32 Å². The Morgan fingerprint density at radius 1 is 1.69 bits per heavy atom. The van der Waals surface area contributed by atoms with E-state index < -0.39 is 0 Å². The van der Waals surface area contributed by atoms with Gasteiger partial charge in [-0.2, -0.15) is 5.10 Å². The summed E-state index contributed by atoms with van der Waals surface area (Å²) in [4.78, 5) is 11.7. The summed E-state index contributed by atoms with van der Waals surface area (Å²) >= 11 is 5.74. The Hall–Kier alpha value is -1.03. The normalized spacial score (nSPS) is 17.1. The lowest BCUT2D eigenvalue weighted by molar-refractivity contribution is 0.0944. The molecule has 1 heterocycles. The molecule has 0 radical (unpaired) electrons. The summed E-state index contributed by atoms with van der Waals surface area (Å²) in [6, 6.07) is 0. The predicted molar refractivity (Wildman–Crippen MR) is 62.5 cm³/mol. The van der Waals surface area contributed by atoms with Crippen molar-refractivity contribution in [3.05, 3.63) is 18.0 Å². The molecule has 0 aliphatic heterocycles. The first-order valence-corrected chi connectivity index (χ1v) is 6.01. The van der Waals surface area contributed by atoms with Gasteiger partial charge in [0.05, 0.1) is 11.8 Å². The zero-order valence-electron chi connectivity index (χ0n) is 9.37. The molecule has 1 N–H and O–H groups in total. The van der Waals surface area contributed by atoms with Gasteiger partial charge >= 0.3 is 0 Å². The summed E-state index contributed by atoms with van der Waals surface area (Å²) in [5.41, 5.74) is 0.892. The Morgan fingerprint density at radius 3 is 2.94 bits per heavy atom. The Balaban J connectivity index is 1.84. The Bertz CT molecular complexity index is 384. The molecule has 0 unspecified atom stereocenters. The number of rotatable bonds is 5. The first kappa shape index (κ1) is 11.5. The second-order valence-corrected chi connectivity index (χ2v) is 4.90. The highest BCUT2D eigenvalue weighted by molar-refractivity contribution is 6.17. The topological polar surface area (TPSA) is 46.9 Å². The van der Waals surface area contributed by atoms with E-state index in [2.05, 4.69) is 10.4 Å². The summed E-state index contributed by atoms with van der Waals surface area (Å²) in [6.07, 6.45) is 6.63. The van der Waals surface area contributed by atoms with Crippen LogP contribution in [0.3, 0.4) is 0 Å². The van der Waals surface area contributed by atoms with Crippen molar-refractivity contribution in [2.75, 3.05) is 12.4 Å². The summed E-state index contributed by atoms with van der Waals surface area (Å²) in [5, 5.41) is 6.92. The lowest BCUT2D eigenvalue weighted by atomic mass is 10.0. The van der Waals surface area contributed by atoms with Crippen molar-refractivity contribution >= 4 is 17.5 Å². The number of nitrogens with one attached hydrogen (secondary N) is 1. The molecular weight excluding hydrogens is 226 g/mol. The molecule has 5 heteroatoms. The average molecular weight is 242 g/mol. The van der Waals surface area contributed by atoms with Crippen molar-refractivity contribution in [1.82, 2.24) is 15.1 Å². The van der Waals surface area contributed by atoms with E-state index in [4.69, 9.17) is 11.6 Å². The lowest BCUT2D eigenvalue weighted by Crippen LogP contribution is -2.30. The van der Waals surface area contributed by atoms with Crippen LogP contribution in [0.25, 0.3) is 0 Å². The van der Waals surface area contributed by atoms with Gasteiger partial charge in [-0.3, -0.25) is 9.48 Å². The van der Waals surface area contributed by atoms with Gasteiger partial charge in [0.2, 0.25) is 0 Å². The molecule has 1 saturated carbocycles. The SMILES string of the molecule is Cn1cc(C(=O)NCC2(CCCl)CC2)cn1. The third-order valence-corrected chi connectivity index (χ3v) is 3.36. The standard InChI is InChI=1S/C11H16ClN3O/c1-15-7-9(6-14-15)10(16)13-8-11(2-3-11)4-5-12/h6-7H,2-5,8H2,1H3,(H,13,16). The van der Waals surface area contributed by atoms with Crippen LogP contribution in [0.2, 0.25) is 0 Å². The monoisotopic (exact) mass is 241 g/mol. The molecule has 0 atom stereocenters. The maximum absolute atomic E-state index is 11.7. The van der Waals surface area contributed by atoms with Gasteiger partial charge in [-0.15, -0.1) is 11.6 Å². The lowest BCUT2D eigenvalue weighted by Gasteiger charge is -2.13. The zero-order chi connectivity index (χ0) is 11.6. The van der Waals surface area contributed by atoms with Gasteiger partial charge in [0.1, 0.15) is 0 Å². The number of carbonyl (C=O) groups is 1. The molecule has 1 amide bonds.